The number of piperazine rings is 1. The van der Waals surface area contributed by atoms with Crippen LogP contribution in [0.25, 0.3) is 11.1 Å². The van der Waals surface area contributed by atoms with Crippen molar-refractivity contribution < 1.29 is 19.0 Å². The SMILES string of the molecule is COc1cc(CCC(=O)N2CCN(Cc3ccccc3-c3ccccc3)CC2)cc(OC)c1OC. The fourth-order valence-corrected chi connectivity index (χ4v) is 4.64. The number of benzene rings is 3. The molecule has 4 rings (SSSR count). The maximum absolute atomic E-state index is 12.9. The molecule has 1 aliphatic heterocycles. The highest BCUT2D eigenvalue weighted by Crippen LogP contribution is 2.38. The van der Waals surface area contributed by atoms with Crippen LogP contribution in [0, 0.1) is 0 Å². The van der Waals surface area contributed by atoms with E-state index >= 15 is 0 Å². The number of methoxy groups -OCH3 is 3. The third-order valence-corrected chi connectivity index (χ3v) is 6.57. The number of nitrogens with zero attached hydrogens (tertiary/aromatic N) is 2. The molecular weight excluding hydrogens is 440 g/mol. The molecule has 0 spiro atoms. The lowest BCUT2D eigenvalue weighted by atomic mass is 9.99. The molecule has 0 bridgehead atoms. The monoisotopic (exact) mass is 474 g/mol. The molecule has 0 N–H and O–H groups in total. The van der Waals surface area contributed by atoms with Gasteiger partial charge in [-0.1, -0.05) is 54.6 Å². The standard InChI is InChI=1S/C29H34N2O4/c1-33-26-19-22(20-27(34-2)29(26)35-3)13-14-28(32)31-17-15-30(16-18-31)21-24-11-7-8-12-25(24)23-9-5-4-6-10-23/h4-12,19-20H,13-18,21H2,1-3H3. The Hall–Kier alpha value is -3.51. The molecule has 6 nitrogen and oxygen atoms in total. The summed E-state index contributed by atoms with van der Waals surface area (Å²) in [5.41, 5.74) is 4.82. The molecule has 3 aromatic carbocycles. The van der Waals surface area contributed by atoms with Gasteiger partial charge in [0, 0.05) is 39.1 Å². The van der Waals surface area contributed by atoms with Gasteiger partial charge in [0.2, 0.25) is 11.7 Å². The molecule has 1 fully saturated rings. The second-order valence-corrected chi connectivity index (χ2v) is 8.71. The van der Waals surface area contributed by atoms with Gasteiger partial charge in [-0.3, -0.25) is 9.69 Å². The summed E-state index contributed by atoms with van der Waals surface area (Å²) >= 11 is 0. The van der Waals surface area contributed by atoms with E-state index in [1.54, 1.807) is 21.3 Å². The molecule has 1 heterocycles. The van der Waals surface area contributed by atoms with Crippen LogP contribution in [-0.2, 0) is 17.8 Å². The average molecular weight is 475 g/mol. The van der Waals surface area contributed by atoms with Gasteiger partial charge in [0.25, 0.3) is 0 Å². The summed E-state index contributed by atoms with van der Waals surface area (Å²) in [6.45, 7) is 4.14. The number of hydrogen-bond donors (Lipinski definition) is 0. The first-order valence-corrected chi connectivity index (χ1v) is 12.0. The van der Waals surface area contributed by atoms with Gasteiger partial charge in [0.05, 0.1) is 21.3 Å². The zero-order valence-corrected chi connectivity index (χ0v) is 20.8. The van der Waals surface area contributed by atoms with E-state index in [1.165, 1.54) is 16.7 Å². The Kier molecular flexibility index (Phi) is 8.27. The minimum Gasteiger partial charge on any atom is -0.493 e. The van der Waals surface area contributed by atoms with Crippen molar-refractivity contribution in [1.29, 1.82) is 0 Å². The molecule has 0 saturated carbocycles. The molecule has 184 valence electrons. The van der Waals surface area contributed by atoms with E-state index < -0.39 is 0 Å². The molecule has 3 aromatic rings. The molecule has 0 atom stereocenters. The zero-order valence-electron chi connectivity index (χ0n) is 20.8. The van der Waals surface area contributed by atoms with Gasteiger partial charge < -0.3 is 19.1 Å². The van der Waals surface area contributed by atoms with Crippen molar-refractivity contribution in [2.75, 3.05) is 47.5 Å². The van der Waals surface area contributed by atoms with Gasteiger partial charge >= 0.3 is 0 Å². The summed E-state index contributed by atoms with van der Waals surface area (Å²) in [6, 6.07) is 22.9. The van der Waals surface area contributed by atoms with Crippen LogP contribution in [-0.4, -0.2) is 63.2 Å². The lowest BCUT2D eigenvalue weighted by Gasteiger charge is -2.35. The predicted molar refractivity (Wildman–Crippen MR) is 138 cm³/mol. The maximum atomic E-state index is 12.9. The average Bonchev–Trinajstić information content (AvgIpc) is 2.92. The molecule has 0 radical (unpaired) electrons. The van der Waals surface area contributed by atoms with E-state index in [2.05, 4.69) is 53.4 Å². The van der Waals surface area contributed by atoms with Crippen molar-refractivity contribution >= 4 is 5.91 Å². The van der Waals surface area contributed by atoms with Crippen molar-refractivity contribution in [2.45, 2.75) is 19.4 Å². The van der Waals surface area contributed by atoms with Crippen molar-refractivity contribution in [2.24, 2.45) is 0 Å². The summed E-state index contributed by atoms with van der Waals surface area (Å²) in [6.07, 6.45) is 1.08. The highest BCUT2D eigenvalue weighted by atomic mass is 16.5. The minimum absolute atomic E-state index is 0.183. The summed E-state index contributed by atoms with van der Waals surface area (Å²) < 4.78 is 16.3. The topological polar surface area (TPSA) is 51.2 Å². The molecule has 0 aliphatic carbocycles. The number of aryl methyl sites for hydroxylation is 1. The van der Waals surface area contributed by atoms with Crippen molar-refractivity contribution in [1.82, 2.24) is 9.80 Å². The van der Waals surface area contributed by atoms with Gasteiger partial charge in [0.1, 0.15) is 0 Å². The van der Waals surface area contributed by atoms with Gasteiger partial charge in [-0.05, 0) is 40.8 Å². The number of hydrogen-bond acceptors (Lipinski definition) is 5. The van der Waals surface area contributed by atoms with Crippen LogP contribution in [0.3, 0.4) is 0 Å². The van der Waals surface area contributed by atoms with E-state index in [9.17, 15) is 4.79 Å². The summed E-state index contributed by atoms with van der Waals surface area (Å²) in [5.74, 6) is 1.97. The summed E-state index contributed by atoms with van der Waals surface area (Å²) in [4.78, 5) is 17.3. The third-order valence-electron chi connectivity index (χ3n) is 6.57. The largest absolute Gasteiger partial charge is 0.493 e. The Morgan fingerprint density at radius 2 is 1.43 bits per heavy atom. The van der Waals surface area contributed by atoms with E-state index in [-0.39, 0.29) is 5.91 Å². The predicted octanol–water partition coefficient (Wildman–Crippen LogP) is 4.66. The van der Waals surface area contributed by atoms with E-state index in [4.69, 9.17) is 14.2 Å². The van der Waals surface area contributed by atoms with Crippen molar-refractivity contribution in [3.05, 3.63) is 77.9 Å². The lowest BCUT2D eigenvalue weighted by Crippen LogP contribution is -2.48. The lowest BCUT2D eigenvalue weighted by molar-refractivity contribution is -0.133. The van der Waals surface area contributed by atoms with Gasteiger partial charge in [0.15, 0.2) is 11.5 Å². The van der Waals surface area contributed by atoms with Crippen LogP contribution >= 0.6 is 0 Å². The molecule has 6 heteroatoms. The number of amides is 1. The van der Waals surface area contributed by atoms with Crippen LogP contribution in [0.4, 0.5) is 0 Å². The fraction of sp³-hybridized carbons (Fsp3) is 0.345. The maximum Gasteiger partial charge on any atom is 0.222 e. The molecule has 1 saturated heterocycles. The van der Waals surface area contributed by atoms with Gasteiger partial charge in [-0.2, -0.15) is 0 Å². The number of carbonyl (C=O) groups excluding carboxylic acids is 1. The van der Waals surface area contributed by atoms with Crippen molar-refractivity contribution in [3.8, 4) is 28.4 Å². The van der Waals surface area contributed by atoms with Crippen LogP contribution < -0.4 is 14.2 Å². The second kappa shape index (κ2) is 11.8. The molecule has 1 amide bonds. The van der Waals surface area contributed by atoms with Crippen LogP contribution in [0.15, 0.2) is 66.7 Å². The molecule has 0 unspecified atom stereocenters. The quantitative estimate of drug-likeness (QED) is 0.452. The minimum atomic E-state index is 0.183. The number of ether oxygens (including phenoxy) is 3. The van der Waals surface area contributed by atoms with E-state index in [1.807, 2.05) is 23.1 Å². The van der Waals surface area contributed by atoms with Crippen LogP contribution in [0.1, 0.15) is 17.5 Å². The Balaban J connectivity index is 1.32. The Morgan fingerprint density at radius 3 is 2.06 bits per heavy atom. The fourth-order valence-electron chi connectivity index (χ4n) is 4.64. The normalized spacial score (nSPS) is 14.0. The number of rotatable bonds is 9. The summed E-state index contributed by atoms with van der Waals surface area (Å²) in [5, 5.41) is 0. The van der Waals surface area contributed by atoms with Gasteiger partial charge in [-0.15, -0.1) is 0 Å². The van der Waals surface area contributed by atoms with Crippen molar-refractivity contribution in [3.63, 3.8) is 0 Å². The third kappa shape index (κ3) is 5.95. The highest BCUT2D eigenvalue weighted by Gasteiger charge is 2.22. The smallest absolute Gasteiger partial charge is 0.222 e. The summed E-state index contributed by atoms with van der Waals surface area (Å²) in [7, 11) is 4.79. The van der Waals surface area contributed by atoms with E-state index in [0.717, 1.165) is 38.3 Å². The Morgan fingerprint density at radius 1 is 0.800 bits per heavy atom. The first kappa shape index (κ1) is 24.6. The molecule has 0 aromatic heterocycles. The zero-order chi connectivity index (χ0) is 24.6. The van der Waals surface area contributed by atoms with E-state index in [0.29, 0.717) is 30.1 Å². The van der Waals surface area contributed by atoms with Gasteiger partial charge in [-0.25, -0.2) is 0 Å². The molecule has 35 heavy (non-hydrogen) atoms. The Labute approximate surface area is 208 Å². The van der Waals surface area contributed by atoms with Crippen LogP contribution in [0.5, 0.6) is 17.2 Å². The molecular formula is C29H34N2O4. The second-order valence-electron chi connectivity index (χ2n) is 8.71. The number of carbonyl (C=O) groups is 1. The first-order valence-electron chi connectivity index (χ1n) is 12.0. The first-order chi connectivity index (χ1) is 17.1. The van der Waals surface area contributed by atoms with Crippen LogP contribution in [0.2, 0.25) is 0 Å². The highest BCUT2D eigenvalue weighted by molar-refractivity contribution is 5.76. The molecule has 1 aliphatic rings. The Bertz CT molecular complexity index is 1100.